The van der Waals surface area contributed by atoms with E-state index in [4.69, 9.17) is 4.74 Å². The van der Waals surface area contributed by atoms with Crippen molar-refractivity contribution in [3.8, 4) is 17.1 Å². The van der Waals surface area contributed by atoms with Gasteiger partial charge in [0.2, 0.25) is 10.0 Å². The fourth-order valence-corrected chi connectivity index (χ4v) is 5.05. The fraction of sp³-hybridized carbons (Fsp3) is 0.227. The number of nitro benzene ring substituents is 1. The maximum atomic E-state index is 13.0. The number of hydrogen-bond donors (Lipinski definition) is 0. The summed E-state index contributed by atoms with van der Waals surface area (Å²) in [5, 5.41) is 11.3. The van der Waals surface area contributed by atoms with E-state index in [0.29, 0.717) is 11.4 Å². The summed E-state index contributed by atoms with van der Waals surface area (Å²) in [7, 11) is -2.71. The van der Waals surface area contributed by atoms with E-state index in [0.717, 1.165) is 11.6 Å². The van der Waals surface area contributed by atoms with Crippen molar-refractivity contribution in [1.29, 1.82) is 0 Å². The summed E-state index contributed by atoms with van der Waals surface area (Å²) in [5.74, 6) is 0.179. The number of amides is 1. The van der Waals surface area contributed by atoms with Crippen LogP contribution in [-0.2, 0) is 10.0 Å². The number of ether oxygens (including phenoxy) is 1. The Morgan fingerprint density at radius 2 is 1.68 bits per heavy atom. The molecule has 2 heterocycles. The molecule has 0 N–H and O–H groups in total. The third-order valence-electron chi connectivity index (χ3n) is 5.44. The quantitative estimate of drug-likeness (QED) is 0.385. The van der Waals surface area contributed by atoms with Crippen LogP contribution in [0, 0.1) is 10.1 Å². The van der Waals surface area contributed by atoms with E-state index in [1.165, 1.54) is 40.8 Å². The number of sulfonamides is 1. The highest BCUT2D eigenvalue weighted by Crippen LogP contribution is 2.31. The van der Waals surface area contributed by atoms with E-state index in [-0.39, 0.29) is 42.7 Å². The molecule has 11 nitrogen and oxygen atoms in total. The molecule has 0 unspecified atom stereocenters. The van der Waals surface area contributed by atoms with Crippen molar-refractivity contribution in [2.75, 3.05) is 33.3 Å². The maximum absolute atomic E-state index is 13.0. The van der Waals surface area contributed by atoms with Crippen molar-refractivity contribution < 1.29 is 22.9 Å². The van der Waals surface area contributed by atoms with Crippen molar-refractivity contribution in [1.82, 2.24) is 19.2 Å². The van der Waals surface area contributed by atoms with Crippen LogP contribution >= 0.6 is 0 Å². The predicted octanol–water partition coefficient (Wildman–Crippen LogP) is 2.21. The SMILES string of the molecule is COc1ccc(S(=O)(=O)N2CCN(C(=O)c3cnc(-c4ccccc4)nc3)CC2)cc1[N+](=O)[O-]. The average Bonchev–Trinajstić information content (AvgIpc) is 2.88. The zero-order valence-electron chi connectivity index (χ0n) is 18.2. The van der Waals surface area contributed by atoms with E-state index in [2.05, 4.69) is 9.97 Å². The Labute approximate surface area is 195 Å². The summed E-state index contributed by atoms with van der Waals surface area (Å²) in [6.45, 7) is 0.432. The van der Waals surface area contributed by atoms with Crippen LogP contribution in [0.1, 0.15) is 10.4 Å². The number of nitro groups is 1. The van der Waals surface area contributed by atoms with Gasteiger partial charge in [-0.05, 0) is 12.1 Å². The van der Waals surface area contributed by atoms with Crippen molar-refractivity contribution in [3.63, 3.8) is 0 Å². The zero-order valence-corrected chi connectivity index (χ0v) is 19.0. The maximum Gasteiger partial charge on any atom is 0.312 e. The Morgan fingerprint density at radius 1 is 1.03 bits per heavy atom. The van der Waals surface area contributed by atoms with Gasteiger partial charge in [0.25, 0.3) is 5.91 Å². The number of aromatic nitrogens is 2. The van der Waals surface area contributed by atoms with Gasteiger partial charge in [0, 0.05) is 50.2 Å². The fourth-order valence-electron chi connectivity index (χ4n) is 3.61. The molecule has 4 rings (SSSR count). The van der Waals surface area contributed by atoms with Gasteiger partial charge in [-0.25, -0.2) is 18.4 Å². The van der Waals surface area contributed by atoms with Crippen LogP contribution in [0.4, 0.5) is 5.69 Å². The third kappa shape index (κ3) is 4.58. The topological polar surface area (TPSA) is 136 Å². The molecule has 176 valence electrons. The molecule has 0 saturated carbocycles. The van der Waals surface area contributed by atoms with Gasteiger partial charge in [-0.1, -0.05) is 30.3 Å². The molecule has 1 aromatic heterocycles. The molecule has 2 aromatic carbocycles. The number of rotatable bonds is 6. The summed E-state index contributed by atoms with van der Waals surface area (Å²) < 4.78 is 32.2. The van der Waals surface area contributed by atoms with Gasteiger partial charge < -0.3 is 9.64 Å². The standard InChI is InChI=1S/C22H21N5O6S/c1-33-20-8-7-18(13-19(20)27(29)30)34(31,32)26-11-9-25(10-12-26)22(28)17-14-23-21(24-15-17)16-5-3-2-4-6-16/h2-8,13-15H,9-12H2,1H3. The molecule has 0 atom stereocenters. The Bertz CT molecular complexity index is 1310. The highest BCUT2D eigenvalue weighted by atomic mass is 32.2. The lowest BCUT2D eigenvalue weighted by atomic mass is 10.2. The molecule has 0 aliphatic carbocycles. The number of carbonyl (C=O) groups is 1. The summed E-state index contributed by atoms with van der Waals surface area (Å²) in [6.07, 6.45) is 2.91. The zero-order chi connectivity index (χ0) is 24.3. The van der Waals surface area contributed by atoms with Crippen molar-refractivity contribution in [2.45, 2.75) is 4.90 Å². The van der Waals surface area contributed by atoms with Gasteiger partial charge in [0.15, 0.2) is 11.6 Å². The minimum atomic E-state index is -3.98. The molecule has 1 fully saturated rings. The average molecular weight is 484 g/mol. The molecule has 1 aliphatic heterocycles. The highest BCUT2D eigenvalue weighted by Gasteiger charge is 2.32. The Kier molecular flexibility index (Phi) is 6.52. The normalized spacial score (nSPS) is 14.6. The number of methoxy groups -OCH3 is 1. The summed E-state index contributed by atoms with van der Waals surface area (Å²) in [6, 6.07) is 12.9. The Hall–Kier alpha value is -3.90. The Morgan fingerprint density at radius 3 is 2.26 bits per heavy atom. The first-order valence-corrected chi connectivity index (χ1v) is 11.7. The van der Waals surface area contributed by atoms with E-state index in [1.807, 2.05) is 30.3 Å². The summed E-state index contributed by atoms with van der Waals surface area (Å²) in [5.41, 5.74) is 0.706. The molecule has 12 heteroatoms. The van der Waals surface area contributed by atoms with E-state index in [9.17, 15) is 23.3 Å². The molecular weight excluding hydrogens is 462 g/mol. The van der Waals surface area contributed by atoms with Gasteiger partial charge in [-0.15, -0.1) is 0 Å². The van der Waals surface area contributed by atoms with E-state index >= 15 is 0 Å². The van der Waals surface area contributed by atoms with Gasteiger partial charge in [-0.3, -0.25) is 14.9 Å². The lowest BCUT2D eigenvalue weighted by molar-refractivity contribution is -0.386. The lowest BCUT2D eigenvalue weighted by Crippen LogP contribution is -2.50. The van der Waals surface area contributed by atoms with Gasteiger partial charge in [-0.2, -0.15) is 4.31 Å². The largest absolute Gasteiger partial charge is 0.490 e. The first-order chi connectivity index (χ1) is 16.3. The van der Waals surface area contributed by atoms with Gasteiger partial charge in [0.05, 0.1) is 22.5 Å². The molecule has 1 aliphatic rings. The van der Waals surface area contributed by atoms with Gasteiger partial charge >= 0.3 is 5.69 Å². The first kappa shape index (κ1) is 23.3. The predicted molar refractivity (Wildman–Crippen MR) is 122 cm³/mol. The van der Waals surface area contributed by atoms with Crippen LogP contribution in [0.15, 0.2) is 65.8 Å². The van der Waals surface area contributed by atoms with E-state index < -0.39 is 20.6 Å². The number of hydrogen-bond acceptors (Lipinski definition) is 8. The number of piperazine rings is 1. The van der Waals surface area contributed by atoms with Crippen LogP contribution in [0.3, 0.4) is 0 Å². The summed E-state index contributed by atoms with van der Waals surface area (Å²) in [4.78, 5) is 33.3. The number of carbonyl (C=O) groups excluding carboxylic acids is 1. The number of benzene rings is 2. The Balaban J connectivity index is 1.44. The second kappa shape index (κ2) is 9.53. The van der Waals surface area contributed by atoms with Crippen LogP contribution in [0.2, 0.25) is 0 Å². The third-order valence-corrected chi connectivity index (χ3v) is 7.34. The van der Waals surface area contributed by atoms with Crippen molar-refractivity contribution in [2.24, 2.45) is 0 Å². The minimum Gasteiger partial charge on any atom is -0.490 e. The number of nitrogens with zero attached hydrogens (tertiary/aromatic N) is 5. The molecule has 1 amide bonds. The monoisotopic (exact) mass is 483 g/mol. The second-order valence-electron chi connectivity index (χ2n) is 7.45. The van der Waals surface area contributed by atoms with Crippen LogP contribution < -0.4 is 4.74 Å². The molecule has 0 radical (unpaired) electrons. The van der Waals surface area contributed by atoms with Gasteiger partial charge in [0.1, 0.15) is 0 Å². The molecule has 1 saturated heterocycles. The van der Waals surface area contributed by atoms with Crippen LogP contribution in [0.25, 0.3) is 11.4 Å². The molecule has 0 spiro atoms. The van der Waals surface area contributed by atoms with Crippen LogP contribution in [0.5, 0.6) is 5.75 Å². The molecule has 0 bridgehead atoms. The second-order valence-corrected chi connectivity index (χ2v) is 9.39. The lowest BCUT2D eigenvalue weighted by Gasteiger charge is -2.34. The van der Waals surface area contributed by atoms with Crippen molar-refractivity contribution >= 4 is 21.6 Å². The molecule has 34 heavy (non-hydrogen) atoms. The summed E-state index contributed by atoms with van der Waals surface area (Å²) >= 11 is 0. The molecule has 3 aromatic rings. The van der Waals surface area contributed by atoms with E-state index in [1.54, 1.807) is 0 Å². The first-order valence-electron chi connectivity index (χ1n) is 10.3. The smallest absolute Gasteiger partial charge is 0.312 e. The van der Waals surface area contributed by atoms with Crippen LogP contribution in [-0.4, -0.2) is 71.7 Å². The highest BCUT2D eigenvalue weighted by molar-refractivity contribution is 7.89. The minimum absolute atomic E-state index is 0.0279. The van der Waals surface area contributed by atoms with Crippen molar-refractivity contribution in [3.05, 3.63) is 76.6 Å². The molecular formula is C22H21N5O6S.